The van der Waals surface area contributed by atoms with Crippen molar-refractivity contribution in [1.82, 2.24) is 5.32 Å². The van der Waals surface area contributed by atoms with Crippen molar-refractivity contribution in [3.63, 3.8) is 0 Å². The van der Waals surface area contributed by atoms with Gasteiger partial charge in [0.15, 0.2) is 0 Å². The highest BCUT2D eigenvalue weighted by molar-refractivity contribution is 6.10. The second-order valence-electron chi connectivity index (χ2n) is 7.10. The number of rotatable bonds is 2. The average molecular weight is 354 g/mol. The van der Waals surface area contributed by atoms with Crippen LogP contribution < -0.4 is 10.6 Å². The van der Waals surface area contributed by atoms with Crippen molar-refractivity contribution in [2.24, 2.45) is 0 Å². The molecule has 0 spiro atoms. The minimum absolute atomic E-state index is 0.143. The number of hydrogen-bond donors (Lipinski definition) is 2. The summed E-state index contributed by atoms with van der Waals surface area (Å²) in [7, 11) is 1.62. The van der Waals surface area contributed by atoms with E-state index < -0.39 is 0 Å². The highest BCUT2D eigenvalue weighted by atomic mass is 19.1. The van der Waals surface area contributed by atoms with Crippen LogP contribution >= 0.6 is 0 Å². The number of amides is 1. The third-order valence-electron chi connectivity index (χ3n) is 5.36. The lowest BCUT2D eigenvalue weighted by molar-refractivity contribution is 0.0963. The van der Waals surface area contributed by atoms with Gasteiger partial charge < -0.3 is 15.1 Å². The van der Waals surface area contributed by atoms with E-state index in [4.69, 9.17) is 4.42 Å². The van der Waals surface area contributed by atoms with Crippen molar-refractivity contribution in [3.05, 3.63) is 47.0 Å². The molecule has 0 fully saturated rings. The maximum absolute atomic E-state index is 13.4. The molecule has 2 aromatic rings. The van der Waals surface area contributed by atoms with E-state index >= 15 is 0 Å². The molecule has 2 aliphatic rings. The molecular weight excluding hydrogens is 331 g/mol. The molecule has 1 unspecified atom stereocenters. The Morgan fingerprint density at radius 1 is 1.31 bits per heavy atom. The Hall–Kier alpha value is -2.56. The van der Waals surface area contributed by atoms with Crippen LogP contribution in [0.15, 0.2) is 34.5 Å². The van der Waals surface area contributed by atoms with Crippen LogP contribution in [-0.2, 0) is 0 Å². The predicted octanol–water partition coefficient (Wildman–Crippen LogP) is 5.13. The number of hydrogen-bond acceptors (Lipinski definition) is 3. The standard InChI is InChI=1S/C21H23FN2O2/c1-12-4-3-9-24-17-11-18-16(10-15(12)17)19(21(25)23-2)20(26-18)13-5-7-14(22)8-6-13/h5,7,10-12,24H,3-4,6,8-9H2,1-2H3,(H,23,25). The van der Waals surface area contributed by atoms with Crippen molar-refractivity contribution in [3.8, 4) is 0 Å². The highest BCUT2D eigenvalue weighted by Gasteiger charge is 2.26. The van der Waals surface area contributed by atoms with Crippen molar-refractivity contribution in [2.45, 2.75) is 38.5 Å². The van der Waals surface area contributed by atoms with E-state index in [-0.39, 0.29) is 11.7 Å². The Labute approximate surface area is 152 Å². The van der Waals surface area contributed by atoms with Crippen molar-refractivity contribution >= 4 is 28.1 Å². The fourth-order valence-corrected chi connectivity index (χ4v) is 3.88. The normalized spacial score (nSPS) is 19.9. The highest BCUT2D eigenvalue weighted by Crippen LogP contribution is 2.40. The van der Waals surface area contributed by atoms with Crippen LogP contribution in [0.3, 0.4) is 0 Å². The molecule has 4 nitrogen and oxygen atoms in total. The van der Waals surface area contributed by atoms with Gasteiger partial charge >= 0.3 is 0 Å². The summed E-state index contributed by atoms with van der Waals surface area (Å²) in [6, 6.07) is 4.09. The third kappa shape index (κ3) is 2.81. The molecule has 5 heteroatoms. The fraction of sp³-hybridized carbons (Fsp3) is 0.381. The number of fused-ring (bicyclic) bond motifs is 2. The van der Waals surface area contributed by atoms with Crippen LogP contribution in [-0.4, -0.2) is 19.5 Å². The summed E-state index contributed by atoms with van der Waals surface area (Å²) in [5, 5.41) is 7.01. The van der Waals surface area contributed by atoms with Gasteiger partial charge in [0.05, 0.1) is 5.56 Å². The smallest absolute Gasteiger partial charge is 0.255 e. The van der Waals surface area contributed by atoms with Crippen LogP contribution in [0.1, 0.15) is 60.2 Å². The molecule has 1 aromatic heterocycles. The quantitative estimate of drug-likeness (QED) is 0.786. The lowest BCUT2D eigenvalue weighted by Crippen LogP contribution is -2.19. The number of carbonyl (C=O) groups is 1. The molecule has 2 heterocycles. The number of allylic oxidation sites excluding steroid dienone is 4. The zero-order valence-electron chi connectivity index (χ0n) is 15.1. The van der Waals surface area contributed by atoms with Crippen LogP contribution in [0, 0.1) is 0 Å². The SMILES string of the molecule is CNC(=O)c1c(C2=CC=C(F)CC2)oc2cc3c(cc12)C(C)CCCN3. The molecule has 1 aromatic carbocycles. The third-order valence-corrected chi connectivity index (χ3v) is 5.36. The summed E-state index contributed by atoms with van der Waals surface area (Å²) in [5.41, 5.74) is 4.39. The summed E-state index contributed by atoms with van der Waals surface area (Å²) in [6.07, 6.45) is 6.27. The Morgan fingerprint density at radius 2 is 2.15 bits per heavy atom. The minimum atomic E-state index is -0.177. The van der Waals surface area contributed by atoms with E-state index in [0.717, 1.165) is 36.0 Å². The van der Waals surface area contributed by atoms with E-state index in [1.54, 1.807) is 13.1 Å². The molecule has 136 valence electrons. The molecule has 0 bridgehead atoms. The second kappa shape index (κ2) is 6.63. The number of nitrogens with one attached hydrogen (secondary N) is 2. The maximum atomic E-state index is 13.4. The summed E-state index contributed by atoms with van der Waals surface area (Å²) in [5.74, 6) is 0.655. The van der Waals surface area contributed by atoms with Gasteiger partial charge in [-0.3, -0.25) is 4.79 Å². The van der Waals surface area contributed by atoms with Crippen molar-refractivity contribution in [1.29, 1.82) is 0 Å². The van der Waals surface area contributed by atoms with Gasteiger partial charge in [0.25, 0.3) is 5.91 Å². The predicted molar refractivity (Wildman–Crippen MR) is 102 cm³/mol. The molecule has 0 saturated carbocycles. The van der Waals surface area contributed by atoms with Crippen LogP contribution in [0.2, 0.25) is 0 Å². The molecule has 1 amide bonds. The number of carbonyl (C=O) groups excluding carboxylic acids is 1. The van der Waals surface area contributed by atoms with Gasteiger partial charge in [-0.15, -0.1) is 0 Å². The van der Waals surface area contributed by atoms with Gasteiger partial charge in [-0.25, -0.2) is 4.39 Å². The lowest BCUT2D eigenvalue weighted by Gasteiger charge is -2.12. The van der Waals surface area contributed by atoms with Crippen LogP contribution in [0.25, 0.3) is 16.5 Å². The van der Waals surface area contributed by atoms with Crippen LogP contribution in [0.4, 0.5) is 10.1 Å². The Morgan fingerprint density at radius 3 is 2.88 bits per heavy atom. The number of anilines is 1. The lowest BCUT2D eigenvalue weighted by atomic mass is 9.93. The molecule has 1 atom stereocenters. The zero-order valence-corrected chi connectivity index (χ0v) is 15.1. The van der Waals surface area contributed by atoms with Gasteiger partial charge in [0, 0.05) is 37.2 Å². The van der Waals surface area contributed by atoms with E-state index in [2.05, 4.69) is 23.6 Å². The molecule has 26 heavy (non-hydrogen) atoms. The Bertz CT molecular complexity index is 939. The summed E-state index contributed by atoms with van der Waals surface area (Å²) in [6.45, 7) is 3.16. The molecule has 1 aliphatic carbocycles. The van der Waals surface area contributed by atoms with E-state index in [1.807, 2.05) is 6.07 Å². The Balaban J connectivity index is 1.94. The van der Waals surface area contributed by atoms with E-state index in [0.29, 0.717) is 35.7 Å². The molecule has 1 aliphatic heterocycles. The summed E-state index contributed by atoms with van der Waals surface area (Å²) in [4.78, 5) is 12.6. The van der Waals surface area contributed by atoms with Gasteiger partial charge in [0.1, 0.15) is 17.2 Å². The van der Waals surface area contributed by atoms with Gasteiger partial charge in [-0.05, 0) is 48.5 Å². The summed E-state index contributed by atoms with van der Waals surface area (Å²) < 4.78 is 19.5. The molecule has 4 rings (SSSR count). The van der Waals surface area contributed by atoms with Gasteiger partial charge in [-0.1, -0.05) is 13.0 Å². The van der Waals surface area contributed by atoms with Crippen molar-refractivity contribution < 1.29 is 13.6 Å². The molecule has 0 saturated heterocycles. The van der Waals surface area contributed by atoms with E-state index in [1.165, 1.54) is 11.6 Å². The first-order chi connectivity index (χ1) is 12.6. The largest absolute Gasteiger partial charge is 0.455 e. The first-order valence-corrected chi connectivity index (χ1v) is 9.20. The molecule has 2 N–H and O–H groups in total. The van der Waals surface area contributed by atoms with Gasteiger partial charge in [0.2, 0.25) is 0 Å². The number of halogens is 1. The van der Waals surface area contributed by atoms with Gasteiger partial charge in [-0.2, -0.15) is 0 Å². The summed E-state index contributed by atoms with van der Waals surface area (Å²) >= 11 is 0. The first-order valence-electron chi connectivity index (χ1n) is 9.20. The fourth-order valence-electron chi connectivity index (χ4n) is 3.88. The van der Waals surface area contributed by atoms with E-state index in [9.17, 15) is 9.18 Å². The first kappa shape index (κ1) is 16.9. The number of furan rings is 1. The minimum Gasteiger partial charge on any atom is -0.455 e. The number of benzene rings is 1. The monoisotopic (exact) mass is 354 g/mol. The molecular formula is C21H23FN2O2. The maximum Gasteiger partial charge on any atom is 0.255 e. The topological polar surface area (TPSA) is 54.3 Å². The second-order valence-corrected chi connectivity index (χ2v) is 7.10. The average Bonchev–Trinajstić information content (AvgIpc) is 2.92. The van der Waals surface area contributed by atoms with Crippen LogP contribution in [0.5, 0.6) is 0 Å². The van der Waals surface area contributed by atoms with Crippen molar-refractivity contribution in [2.75, 3.05) is 18.9 Å². The molecule has 0 radical (unpaired) electrons. The zero-order chi connectivity index (χ0) is 18.3. The Kier molecular flexibility index (Phi) is 4.31.